The Labute approximate surface area is 153 Å². The highest BCUT2D eigenvalue weighted by Crippen LogP contribution is 2.08. The zero-order valence-corrected chi connectivity index (χ0v) is 16.2. The Morgan fingerprint density at radius 2 is 2.27 bits per heavy atom. The van der Waals surface area contributed by atoms with Crippen LogP contribution in [0.15, 0.2) is 34.9 Å². The summed E-state index contributed by atoms with van der Waals surface area (Å²) in [4.78, 5) is 5.97. The lowest BCUT2D eigenvalue weighted by Crippen LogP contribution is -2.39. The van der Waals surface area contributed by atoms with Gasteiger partial charge in [-0.2, -0.15) is 5.10 Å². The van der Waals surface area contributed by atoms with Gasteiger partial charge in [0, 0.05) is 37.1 Å². The molecule has 5 nitrogen and oxygen atoms in total. The Kier molecular flexibility index (Phi) is 9.14. The molecule has 0 spiro atoms. The van der Waals surface area contributed by atoms with E-state index in [9.17, 15) is 0 Å². The minimum Gasteiger partial charge on any atom is -0.357 e. The number of aryl methyl sites for hydroxylation is 1. The Bertz CT molecular complexity index is 550. The van der Waals surface area contributed by atoms with E-state index in [-0.39, 0.29) is 24.0 Å². The molecule has 0 unspecified atom stereocenters. The molecule has 22 heavy (non-hydrogen) atoms. The molecular formula is C15H24IN5S. The molecule has 0 bridgehead atoms. The minimum absolute atomic E-state index is 0. The maximum Gasteiger partial charge on any atom is 0.191 e. The second kappa shape index (κ2) is 10.6. The number of aliphatic imine (C=N–C) groups is 1. The molecule has 2 aromatic rings. The van der Waals surface area contributed by atoms with Crippen LogP contribution in [-0.4, -0.2) is 35.4 Å². The average Bonchev–Trinajstić information content (AvgIpc) is 3.11. The Hall–Kier alpha value is -1.09. The SMILES string of the molecule is CCNC(=NCCc1cccs1)NCCn1cc(C)cn1.I. The zero-order chi connectivity index (χ0) is 14.9. The number of hydrogen-bond donors (Lipinski definition) is 2. The second-order valence-corrected chi connectivity index (χ2v) is 5.83. The quantitative estimate of drug-likeness (QED) is 0.401. The van der Waals surface area contributed by atoms with Gasteiger partial charge in [0.2, 0.25) is 0 Å². The summed E-state index contributed by atoms with van der Waals surface area (Å²) in [5.41, 5.74) is 1.19. The first kappa shape index (κ1) is 19.0. The number of thiophene rings is 1. The Morgan fingerprint density at radius 3 is 2.91 bits per heavy atom. The molecule has 0 saturated carbocycles. The number of rotatable bonds is 7. The predicted molar refractivity (Wildman–Crippen MR) is 104 cm³/mol. The van der Waals surface area contributed by atoms with Crippen molar-refractivity contribution in [3.05, 3.63) is 40.3 Å². The third-order valence-corrected chi connectivity index (χ3v) is 3.88. The van der Waals surface area contributed by atoms with Crippen LogP contribution in [0, 0.1) is 6.92 Å². The normalized spacial score (nSPS) is 11.1. The number of aromatic nitrogens is 2. The number of halogens is 1. The molecule has 0 radical (unpaired) electrons. The average molecular weight is 433 g/mol. The molecule has 122 valence electrons. The highest BCUT2D eigenvalue weighted by Gasteiger charge is 1.99. The molecular weight excluding hydrogens is 409 g/mol. The van der Waals surface area contributed by atoms with Crippen molar-refractivity contribution in [3.8, 4) is 0 Å². The predicted octanol–water partition coefficient (Wildman–Crippen LogP) is 2.67. The number of nitrogens with one attached hydrogen (secondary N) is 2. The largest absolute Gasteiger partial charge is 0.357 e. The van der Waals surface area contributed by atoms with Crippen molar-refractivity contribution < 1.29 is 0 Å². The smallest absolute Gasteiger partial charge is 0.191 e. The van der Waals surface area contributed by atoms with E-state index in [2.05, 4.69) is 45.2 Å². The van der Waals surface area contributed by atoms with Crippen molar-refractivity contribution >= 4 is 41.3 Å². The molecule has 0 aliphatic heterocycles. The molecule has 0 amide bonds. The first-order valence-electron chi connectivity index (χ1n) is 7.31. The van der Waals surface area contributed by atoms with E-state index in [1.165, 1.54) is 10.4 Å². The topological polar surface area (TPSA) is 54.2 Å². The fourth-order valence-electron chi connectivity index (χ4n) is 1.95. The van der Waals surface area contributed by atoms with Gasteiger partial charge in [0.1, 0.15) is 0 Å². The lowest BCUT2D eigenvalue weighted by molar-refractivity contribution is 0.597. The Morgan fingerprint density at radius 1 is 1.41 bits per heavy atom. The van der Waals surface area contributed by atoms with Crippen LogP contribution in [0.1, 0.15) is 17.4 Å². The van der Waals surface area contributed by atoms with Crippen molar-refractivity contribution in [2.24, 2.45) is 4.99 Å². The molecule has 0 fully saturated rings. The van der Waals surface area contributed by atoms with Crippen LogP contribution in [0.3, 0.4) is 0 Å². The lowest BCUT2D eigenvalue weighted by atomic mass is 10.3. The van der Waals surface area contributed by atoms with Crippen LogP contribution in [0.2, 0.25) is 0 Å². The second-order valence-electron chi connectivity index (χ2n) is 4.80. The van der Waals surface area contributed by atoms with Crippen LogP contribution in [0.5, 0.6) is 0 Å². The van der Waals surface area contributed by atoms with Crippen molar-refractivity contribution in [1.82, 2.24) is 20.4 Å². The van der Waals surface area contributed by atoms with Crippen LogP contribution in [0.25, 0.3) is 0 Å². The third kappa shape index (κ3) is 6.78. The van der Waals surface area contributed by atoms with Gasteiger partial charge in [-0.25, -0.2) is 0 Å². The molecule has 2 N–H and O–H groups in total. The van der Waals surface area contributed by atoms with E-state index in [1.54, 1.807) is 11.3 Å². The zero-order valence-electron chi connectivity index (χ0n) is 13.1. The summed E-state index contributed by atoms with van der Waals surface area (Å²) in [6.45, 7) is 7.44. The summed E-state index contributed by atoms with van der Waals surface area (Å²) < 4.78 is 1.94. The molecule has 2 heterocycles. The van der Waals surface area contributed by atoms with E-state index in [1.807, 2.05) is 24.0 Å². The van der Waals surface area contributed by atoms with Gasteiger partial charge in [-0.1, -0.05) is 6.07 Å². The molecule has 2 rings (SSSR count). The van der Waals surface area contributed by atoms with Crippen molar-refractivity contribution in [3.63, 3.8) is 0 Å². The van der Waals surface area contributed by atoms with Gasteiger partial charge in [0.15, 0.2) is 5.96 Å². The summed E-state index contributed by atoms with van der Waals surface area (Å²) in [5, 5.41) is 13.0. The van der Waals surface area contributed by atoms with Gasteiger partial charge in [0.25, 0.3) is 0 Å². The van der Waals surface area contributed by atoms with Crippen LogP contribution >= 0.6 is 35.3 Å². The van der Waals surface area contributed by atoms with Gasteiger partial charge in [-0.3, -0.25) is 9.67 Å². The van der Waals surface area contributed by atoms with E-state index >= 15 is 0 Å². The molecule has 7 heteroatoms. The Balaban J connectivity index is 0.00000242. The lowest BCUT2D eigenvalue weighted by Gasteiger charge is -2.11. The van der Waals surface area contributed by atoms with E-state index in [4.69, 9.17) is 0 Å². The van der Waals surface area contributed by atoms with Crippen molar-refractivity contribution in [2.75, 3.05) is 19.6 Å². The first-order valence-corrected chi connectivity index (χ1v) is 8.19. The maximum absolute atomic E-state index is 4.60. The van der Waals surface area contributed by atoms with E-state index in [0.29, 0.717) is 0 Å². The van der Waals surface area contributed by atoms with Crippen LogP contribution in [-0.2, 0) is 13.0 Å². The van der Waals surface area contributed by atoms with Gasteiger partial charge in [0.05, 0.1) is 12.7 Å². The summed E-state index contributed by atoms with van der Waals surface area (Å²) in [7, 11) is 0. The minimum atomic E-state index is 0. The van der Waals surface area contributed by atoms with Gasteiger partial charge < -0.3 is 10.6 Å². The van der Waals surface area contributed by atoms with E-state index < -0.39 is 0 Å². The molecule has 2 aromatic heterocycles. The standard InChI is InChI=1S/C15H23N5S.HI/c1-3-16-15(17-7-6-14-5-4-10-21-14)18-8-9-20-12-13(2)11-19-20;/h4-5,10-12H,3,6-9H2,1-2H3,(H2,16,17,18);1H. The fraction of sp³-hybridized carbons (Fsp3) is 0.467. The molecule has 0 aliphatic rings. The van der Waals surface area contributed by atoms with E-state index in [0.717, 1.165) is 38.6 Å². The van der Waals surface area contributed by atoms with Gasteiger partial charge in [-0.05, 0) is 30.9 Å². The number of guanidine groups is 1. The van der Waals surface area contributed by atoms with Crippen LogP contribution < -0.4 is 10.6 Å². The molecule has 0 atom stereocenters. The van der Waals surface area contributed by atoms with Gasteiger partial charge in [-0.15, -0.1) is 35.3 Å². The van der Waals surface area contributed by atoms with Gasteiger partial charge >= 0.3 is 0 Å². The monoisotopic (exact) mass is 433 g/mol. The summed E-state index contributed by atoms with van der Waals surface area (Å²) in [5.74, 6) is 0.873. The third-order valence-electron chi connectivity index (χ3n) is 2.95. The van der Waals surface area contributed by atoms with Crippen LogP contribution in [0.4, 0.5) is 0 Å². The summed E-state index contributed by atoms with van der Waals surface area (Å²) in [6.07, 6.45) is 4.91. The van der Waals surface area contributed by atoms with Crippen molar-refractivity contribution in [2.45, 2.75) is 26.8 Å². The maximum atomic E-state index is 4.60. The fourth-order valence-corrected chi connectivity index (χ4v) is 2.65. The highest BCUT2D eigenvalue weighted by atomic mass is 127. The highest BCUT2D eigenvalue weighted by molar-refractivity contribution is 14.0. The first-order chi connectivity index (χ1) is 10.3. The molecule has 0 aliphatic carbocycles. The molecule has 0 aromatic carbocycles. The number of nitrogens with zero attached hydrogens (tertiary/aromatic N) is 3. The van der Waals surface area contributed by atoms with Crippen molar-refractivity contribution in [1.29, 1.82) is 0 Å². The molecule has 0 saturated heterocycles. The number of hydrogen-bond acceptors (Lipinski definition) is 3. The summed E-state index contributed by atoms with van der Waals surface area (Å²) in [6, 6.07) is 4.24. The summed E-state index contributed by atoms with van der Waals surface area (Å²) >= 11 is 1.78.